The standard InChI is InChI=1S/C10H14ClN3/c1-2-5-14-10(9(11)7-13-14)8-3-4-12-6-8/h3,7,12H,2,4-6H2,1H3. The Morgan fingerprint density at radius 3 is 3.14 bits per heavy atom. The Kier molecular flexibility index (Phi) is 2.89. The van der Waals surface area contributed by atoms with E-state index < -0.39 is 0 Å². The highest BCUT2D eigenvalue weighted by molar-refractivity contribution is 6.32. The summed E-state index contributed by atoms with van der Waals surface area (Å²) in [6.07, 6.45) is 4.98. The van der Waals surface area contributed by atoms with Crippen LogP contribution >= 0.6 is 11.6 Å². The first-order valence-electron chi connectivity index (χ1n) is 4.94. The minimum Gasteiger partial charge on any atom is -0.309 e. The van der Waals surface area contributed by atoms with Gasteiger partial charge in [0.2, 0.25) is 0 Å². The first-order valence-corrected chi connectivity index (χ1v) is 5.32. The summed E-state index contributed by atoms with van der Waals surface area (Å²) in [4.78, 5) is 0. The van der Waals surface area contributed by atoms with Gasteiger partial charge in [-0.25, -0.2) is 0 Å². The van der Waals surface area contributed by atoms with Crippen molar-refractivity contribution >= 4 is 17.2 Å². The van der Waals surface area contributed by atoms with Crippen LogP contribution in [0.4, 0.5) is 0 Å². The van der Waals surface area contributed by atoms with Crippen LogP contribution in [0.5, 0.6) is 0 Å². The number of hydrogen-bond acceptors (Lipinski definition) is 2. The second-order valence-corrected chi connectivity index (χ2v) is 3.83. The number of halogens is 1. The van der Waals surface area contributed by atoms with Gasteiger partial charge in [-0.15, -0.1) is 0 Å². The molecule has 0 saturated carbocycles. The molecule has 0 unspecified atom stereocenters. The van der Waals surface area contributed by atoms with Gasteiger partial charge in [0.15, 0.2) is 0 Å². The van der Waals surface area contributed by atoms with E-state index in [2.05, 4.69) is 23.4 Å². The third kappa shape index (κ3) is 1.70. The minimum absolute atomic E-state index is 0.758. The van der Waals surface area contributed by atoms with E-state index in [4.69, 9.17) is 11.6 Å². The predicted molar refractivity (Wildman–Crippen MR) is 58.4 cm³/mol. The van der Waals surface area contributed by atoms with E-state index in [1.54, 1.807) is 6.20 Å². The topological polar surface area (TPSA) is 29.9 Å². The van der Waals surface area contributed by atoms with Crippen molar-refractivity contribution in [3.8, 4) is 0 Å². The van der Waals surface area contributed by atoms with Crippen molar-refractivity contribution in [2.24, 2.45) is 0 Å². The fourth-order valence-corrected chi connectivity index (χ4v) is 1.98. The Labute approximate surface area is 88.8 Å². The van der Waals surface area contributed by atoms with Crippen molar-refractivity contribution in [1.29, 1.82) is 0 Å². The van der Waals surface area contributed by atoms with E-state index in [-0.39, 0.29) is 0 Å². The van der Waals surface area contributed by atoms with E-state index in [1.807, 2.05) is 4.68 Å². The summed E-state index contributed by atoms with van der Waals surface area (Å²) in [6.45, 7) is 4.90. The van der Waals surface area contributed by atoms with Gasteiger partial charge in [-0.2, -0.15) is 5.10 Å². The highest BCUT2D eigenvalue weighted by atomic mass is 35.5. The maximum Gasteiger partial charge on any atom is 0.0862 e. The van der Waals surface area contributed by atoms with E-state index in [0.29, 0.717) is 0 Å². The van der Waals surface area contributed by atoms with E-state index in [9.17, 15) is 0 Å². The monoisotopic (exact) mass is 211 g/mol. The molecular weight excluding hydrogens is 198 g/mol. The van der Waals surface area contributed by atoms with Crippen LogP contribution in [0.15, 0.2) is 12.3 Å². The quantitative estimate of drug-likeness (QED) is 0.828. The SMILES string of the molecule is CCCn1ncc(Cl)c1C1=CCNC1. The average Bonchev–Trinajstić information content (AvgIpc) is 2.76. The summed E-state index contributed by atoms with van der Waals surface area (Å²) in [5.41, 5.74) is 2.35. The summed E-state index contributed by atoms with van der Waals surface area (Å²) in [6, 6.07) is 0. The third-order valence-corrected chi connectivity index (χ3v) is 2.62. The lowest BCUT2D eigenvalue weighted by Crippen LogP contribution is -2.10. The summed E-state index contributed by atoms with van der Waals surface area (Å²) < 4.78 is 1.99. The second-order valence-electron chi connectivity index (χ2n) is 3.42. The fourth-order valence-electron chi connectivity index (χ4n) is 1.72. The molecule has 1 aromatic heterocycles. The van der Waals surface area contributed by atoms with Crippen molar-refractivity contribution in [2.45, 2.75) is 19.9 Å². The number of nitrogens with zero attached hydrogens (tertiary/aromatic N) is 2. The van der Waals surface area contributed by atoms with Crippen LogP contribution < -0.4 is 5.32 Å². The summed E-state index contributed by atoms with van der Waals surface area (Å²) >= 11 is 6.11. The molecule has 0 radical (unpaired) electrons. The van der Waals surface area contributed by atoms with Gasteiger partial charge >= 0.3 is 0 Å². The van der Waals surface area contributed by atoms with Crippen molar-refractivity contribution in [3.05, 3.63) is 23.0 Å². The molecule has 1 aliphatic heterocycles. The fraction of sp³-hybridized carbons (Fsp3) is 0.500. The van der Waals surface area contributed by atoms with Crippen LogP contribution in [0.3, 0.4) is 0 Å². The first kappa shape index (κ1) is 9.74. The van der Waals surface area contributed by atoms with E-state index >= 15 is 0 Å². The maximum absolute atomic E-state index is 6.11. The van der Waals surface area contributed by atoms with Gasteiger partial charge in [0.05, 0.1) is 16.9 Å². The van der Waals surface area contributed by atoms with Gasteiger partial charge in [-0.1, -0.05) is 24.6 Å². The van der Waals surface area contributed by atoms with Crippen molar-refractivity contribution in [3.63, 3.8) is 0 Å². The number of nitrogens with one attached hydrogen (secondary N) is 1. The zero-order valence-corrected chi connectivity index (χ0v) is 9.01. The molecule has 0 atom stereocenters. The van der Waals surface area contributed by atoms with Gasteiger partial charge < -0.3 is 5.32 Å². The normalized spacial score (nSPS) is 16.0. The van der Waals surface area contributed by atoms with Crippen molar-refractivity contribution in [1.82, 2.24) is 15.1 Å². The molecule has 0 bridgehead atoms. The Morgan fingerprint density at radius 2 is 2.50 bits per heavy atom. The van der Waals surface area contributed by atoms with Crippen LogP contribution in [-0.4, -0.2) is 22.9 Å². The lowest BCUT2D eigenvalue weighted by atomic mass is 10.2. The molecule has 0 aliphatic carbocycles. The third-order valence-electron chi connectivity index (χ3n) is 2.34. The zero-order valence-electron chi connectivity index (χ0n) is 8.26. The van der Waals surface area contributed by atoms with Crippen LogP contribution in [0.1, 0.15) is 19.0 Å². The molecule has 14 heavy (non-hydrogen) atoms. The molecule has 1 aliphatic rings. The molecular formula is C10H14ClN3. The Hall–Kier alpha value is -0.800. The van der Waals surface area contributed by atoms with Crippen molar-refractivity contribution < 1.29 is 0 Å². The summed E-state index contributed by atoms with van der Waals surface area (Å²) in [7, 11) is 0. The summed E-state index contributed by atoms with van der Waals surface area (Å²) in [5, 5.41) is 8.29. The lowest BCUT2D eigenvalue weighted by Gasteiger charge is -2.07. The number of rotatable bonds is 3. The van der Waals surface area contributed by atoms with Gasteiger partial charge in [0.25, 0.3) is 0 Å². The van der Waals surface area contributed by atoms with Crippen LogP contribution in [0.2, 0.25) is 5.02 Å². The second kappa shape index (κ2) is 4.15. The van der Waals surface area contributed by atoms with Gasteiger partial charge in [-0.05, 0) is 12.0 Å². The van der Waals surface area contributed by atoms with E-state index in [0.717, 1.165) is 36.8 Å². The average molecular weight is 212 g/mol. The van der Waals surface area contributed by atoms with Crippen LogP contribution in [-0.2, 0) is 6.54 Å². The molecule has 3 nitrogen and oxygen atoms in total. The summed E-state index contributed by atoms with van der Waals surface area (Å²) in [5.74, 6) is 0. The molecule has 76 valence electrons. The molecule has 2 heterocycles. The molecule has 0 aromatic carbocycles. The number of aryl methyl sites for hydroxylation is 1. The molecule has 0 saturated heterocycles. The first-order chi connectivity index (χ1) is 6.83. The van der Waals surface area contributed by atoms with Gasteiger partial charge in [0.1, 0.15) is 0 Å². The predicted octanol–water partition coefficient (Wildman–Crippen LogP) is 1.93. The highest BCUT2D eigenvalue weighted by Crippen LogP contribution is 2.24. The van der Waals surface area contributed by atoms with Gasteiger partial charge in [-0.3, -0.25) is 4.68 Å². The van der Waals surface area contributed by atoms with Crippen LogP contribution in [0, 0.1) is 0 Å². The Morgan fingerprint density at radius 1 is 1.64 bits per heavy atom. The maximum atomic E-state index is 6.11. The molecule has 0 amide bonds. The van der Waals surface area contributed by atoms with Gasteiger partial charge in [0, 0.05) is 19.6 Å². The minimum atomic E-state index is 0.758. The van der Waals surface area contributed by atoms with E-state index in [1.165, 1.54) is 5.57 Å². The Bertz CT molecular complexity index is 354. The zero-order chi connectivity index (χ0) is 9.97. The molecule has 4 heteroatoms. The molecule has 1 N–H and O–H groups in total. The molecule has 0 spiro atoms. The largest absolute Gasteiger partial charge is 0.309 e. The number of aromatic nitrogens is 2. The lowest BCUT2D eigenvalue weighted by molar-refractivity contribution is 0.595. The Balaban J connectivity index is 2.34. The van der Waals surface area contributed by atoms with Crippen LogP contribution in [0.25, 0.3) is 5.57 Å². The highest BCUT2D eigenvalue weighted by Gasteiger charge is 2.15. The molecule has 1 aromatic rings. The smallest absolute Gasteiger partial charge is 0.0862 e. The molecule has 2 rings (SSSR count). The van der Waals surface area contributed by atoms with Crippen molar-refractivity contribution in [2.75, 3.05) is 13.1 Å². The molecule has 0 fully saturated rings. The number of hydrogen-bond donors (Lipinski definition) is 1.